The third-order valence-electron chi connectivity index (χ3n) is 2.00. The summed E-state index contributed by atoms with van der Waals surface area (Å²) in [6, 6.07) is 0. The van der Waals surface area contributed by atoms with Crippen LogP contribution in [0.3, 0.4) is 0 Å². The van der Waals surface area contributed by atoms with E-state index in [0.717, 1.165) is 0 Å². The fourth-order valence-electron chi connectivity index (χ4n) is 1.12. The number of hydrogen-bond donors (Lipinski definition) is 2. The van der Waals surface area contributed by atoms with Crippen LogP contribution in [-0.2, 0) is 0 Å². The van der Waals surface area contributed by atoms with E-state index >= 15 is 0 Å². The van der Waals surface area contributed by atoms with Crippen LogP contribution in [0.2, 0.25) is 15.1 Å². The van der Waals surface area contributed by atoms with Crippen LogP contribution in [0.1, 0.15) is 23.3 Å². The lowest BCUT2D eigenvalue weighted by molar-refractivity contribution is 0.0947. The molecule has 0 aliphatic carbocycles. The Morgan fingerprint density at radius 1 is 1.29 bits per heavy atom. The summed E-state index contributed by atoms with van der Waals surface area (Å²) in [5.74, 6) is -0.411. The van der Waals surface area contributed by atoms with E-state index in [1.165, 1.54) is 6.20 Å². The van der Waals surface area contributed by atoms with Gasteiger partial charge < -0.3 is 10.4 Å². The molecular formula is C10H11Cl3N2O2. The number of nitrogens with zero attached hydrogens (tertiary/aromatic N) is 1. The lowest BCUT2D eigenvalue weighted by Gasteiger charge is -2.07. The van der Waals surface area contributed by atoms with E-state index in [1.54, 1.807) is 0 Å². The van der Waals surface area contributed by atoms with Crippen molar-refractivity contribution < 1.29 is 9.90 Å². The average molecular weight is 298 g/mol. The van der Waals surface area contributed by atoms with Crippen LogP contribution in [0.5, 0.6) is 0 Å². The highest BCUT2D eigenvalue weighted by molar-refractivity contribution is 6.48. The maximum absolute atomic E-state index is 11.7. The zero-order valence-electron chi connectivity index (χ0n) is 8.84. The Labute approximate surface area is 114 Å². The molecule has 0 saturated carbocycles. The van der Waals surface area contributed by atoms with Gasteiger partial charge in [0.1, 0.15) is 5.69 Å². The predicted molar refractivity (Wildman–Crippen MR) is 67.9 cm³/mol. The number of rotatable bonds is 5. The van der Waals surface area contributed by atoms with Crippen molar-refractivity contribution >= 4 is 40.7 Å². The Hall–Kier alpha value is -0.550. The van der Waals surface area contributed by atoms with Crippen molar-refractivity contribution in [3.63, 3.8) is 0 Å². The highest BCUT2D eigenvalue weighted by atomic mass is 35.5. The molecule has 2 N–H and O–H groups in total. The van der Waals surface area contributed by atoms with E-state index in [-0.39, 0.29) is 27.4 Å². The van der Waals surface area contributed by atoms with E-state index in [1.807, 2.05) is 0 Å². The molecule has 1 heterocycles. The van der Waals surface area contributed by atoms with Crippen LogP contribution in [-0.4, -0.2) is 29.1 Å². The third-order valence-corrected chi connectivity index (χ3v) is 3.24. The topological polar surface area (TPSA) is 62.2 Å². The third kappa shape index (κ3) is 4.00. The SMILES string of the molecule is O=C(NCCCCO)c1ncc(Cl)c(Cl)c1Cl. The standard InChI is InChI=1S/C10H11Cl3N2O2/c11-6-5-15-9(8(13)7(6)12)10(17)14-3-1-2-4-16/h5,16H,1-4H2,(H,14,17). The van der Waals surface area contributed by atoms with E-state index < -0.39 is 5.91 Å². The number of aromatic nitrogens is 1. The molecule has 0 aliphatic rings. The molecule has 1 amide bonds. The minimum atomic E-state index is -0.411. The molecule has 0 radical (unpaired) electrons. The summed E-state index contributed by atoms with van der Waals surface area (Å²) in [6.07, 6.45) is 2.59. The molecule has 4 nitrogen and oxygen atoms in total. The molecule has 17 heavy (non-hydrogen) atoms. The van der Waals surface area contributed by atoms with Gasteiger partial charge >= 0.3 is 0 Å². The summed E-state index contributed by atoms with van der Waals surface area (Å²) in [6.45, 7) is 0.541. The number of hydrogen-bond acceptors (Lipinski definition) is 3. The number of halogens is 3. The van der Waals surface area contributed by atoms with Crippen molar-refractivity contribution in [1.82, 2.24) is 10.3 Å². The number of aliphatic hydroxyl groups excluding tert-OH is 1. The number of pyridine rings is 1. The van der Waals surface area contributed by atoms with Gasteiger partial charge in [-0.3, -0.25) is 4.79 Å². The molecular weight excluding hydrogens is 286 g/mol. The van der Waals surface area contributed by atoms with Crippen molar-refractivity contribution in [3.8, 4) is 0 Å². The summed E-state index contributed by atoms with van der Waals surface area (Å²) < 4.78 is 0. The van der Waals surface area contributed by atoms with Gasteiger partial charge in [0, 0.05) is 19.3 Å². The van der Waals surface area contributed by atoms with Gasteiger partial charge in [0.15, 0.2) is 0 Å². The first-order chi connectivity index (χ1) is 8.07. The van der Waals surface area contributed by atoms with E-state index in [2.05, 4.69) is 10.3 Å². The minimum Gasteiger partial charge on any atom is -0.396 e. The van der Waals surface area contributed by atoms with Gasteiger partial charge in [-0.25, -0.2) is 4.98 Å². The molecule has 1 aromatic heterocycles. The molecule has 0 unspecified atom stereocenters. The zero-order valence-corrected chi connectivity index (χ0v) is 11.1. The van der Waals surface area contributed by atoms with Crippen molar-refractivity contribution in [1.29, 1.82) is 0 Å². The van der Waals surface area contributed by atoms with Crippen LogP contribution in [0.25, 0.3) is 0 Å². The molecule has 1 aromatic rings. The fraction of sp³-hybridized carbons (Fsp3) is 0.400. The Kier molecular flexibility index (Phi) is 5.98. The van der Waals surface area contributed by atoms with Gasteiger partial charge in [0.05, 0.1) is 15.1 Å². The summed E-state index contributed by atoms with van der Waals surface area (Å²) in [5.41, 5.74) is 0.0464. The Morgan fingerprint density at radius 2 is 2.00 bits per heavy atom. The quantitative estimate of drug-likeness (QED) is 0.821. The van der Waals surface area contributed by atoms with Gasteiger partial charge in [-0.15, -0.1) is 0 Å². The first kappa shape index (κ1) is 14.5. The lowest BCUT2D eigenvalue weighted by Crippen LogP contribution is -2.25. The van der Waals surface area contributed by atoms with Crippen LogP contribution in [0.4, 0.5) is 0 Å². The number of carbonyl (C=O) groups excluding carboxylic acids is 1. The second-order valence-electron chi connectivity index (χ2n) is 3.27. The molecule has 1 rings (SSSR count). The van der Waals surface area contributed by atoms with Crippen LogP contribution in [0.15, 0.2) is 6.20 Å². The second-order valence-corrected chi connectivity index (χ2v) is 4.43. The first-order valence-corrected chi connectivity index (χ1v) is 6.10. The number of amides is 1. The number of nitrogens with one attached hydrogen (secondary N) is 1. The van der Waals surface area contributed by atoms with Crippen molar-refractivity contribution in [2.75, 3.05) is 13.2 Å². The summed E-state index contributed by atoms with van der Waals surface area (Å²) in [5, 5.41) is 11.6. The Morgan fingerprint density at radius 3 is 2.65 bits per heavy atom. The Balaban J connectivity index is 2.66. The number of aliphatic hydroxyl groups is 1. The maximum atomic E-state index is 11.7. The maximum Gasteiger partial charge on any atom is 0.271 e. The molecule has 7 heteroatoms. The highest BCUT2D eigenvalue weighted by Crippen LogP contribution is 2.30. The van der Waals surface area contributed by atoms with E-state index in [9.17, 15) is 4.79 Å². The first-order valence-electron chi connectivity index (χ1n) is 4.96. The second kappa shape index (κ2) is 7.01. The lowest BCUT2D eigenvalue weighted by atomic mass is 10.3. The van der Waals surface area contributed by atoms with Crippen molar-refractivity contribution in [2.24, 2.45) is 0 Å². The summed E-state index contributed by atoms with van der Waals surface area (Å²) in [4.78, 5) is 15.5. The van der Waals surface area contributed by atoms with Gasteiger partial charge in [-0.2, -0.15) is 0 Å². The molecule has 0 aromatic carbocycles. The monoisotopic (exact) mass is 296 g/mol. The molecule has 0 saturated heterocycles. The van der Waals surface area contributed by atoms with Gasteiger partial charge in [0.2, 0.25) is 0 Å². The molecule has 0 aliphatic heterocycles. The molecule has 94 valence electrons. The molecule has 0 spiro atoms. The minimum absolute atomic E-state index is 0.0406. The smallest absolute Gasteiger partial charge is 0.271 e. The van der Waals surface area contributed by atoms with Crippen molar-refractivity contribution in [2.45, 2.75) is 12.8 Å². The van der Waals surface area contributed by atoms with Crippen LogP contribution in [0, 0.1) is 0 Å². The van der Waals surface area contributed by atoms with E-state index in [4.69, 9.17) is 39.9 Å². The van der Waals surface area contributed by atoms with Crippen LogP contribution < -0.4 is 5.32 Å². The summed E-state index contributed by atoms with van der Waals surface area (Å²) in [7, 11) is 0. The van der Waals surface area contributed by atoms with Gasteiger partial charge in [-0.05, 0) is 12.8 Å². The fourth-order valence-corrected chi connectivity index (χ4v) is 1.69. The largest absolute Gasteiger partial charge is 0.396 e. The average Bonchev–Trinajstić information content (AvgIpc) is 2.31. The van der Waals surface area contributed by atoms with Gasteiger partial charge in [-0.1, -0.05) is 34.8 Å². The molecule has 0 bridgehead atoms. The molecule has 0 fully saturated rings. The summed E-state index contributed by atoms with van der Waals surface area (Å²) >= 11 is 17.3. The number of carbonyl (C=O) groups is 1. The highest BCUT2D eigenvalue weighted by Gasteiger charge is 2.16. The number of unbranched alkanes of at least 4 members (excludes halogenated alkanes) is 1. The van der Waals surface area contributed by atoms with E-state index in [0.29, 0.717) is 19.4 Å². The van der Waals surface area contributed by atoms with Crippen LogP contribution >= 0.6 is 34.8 Å². The predicted octanol–water partition coefficient (Wildman–Crippen LogP) is 2.54. The Bertz CT molecular complexity index is 413. The molecule has 0 atom stereocenters. The zero-order chi connectivity index (χ0) is 12.8. The normalized spacial score (nSPS) is 10.4. The van der Waals surface area contributed by atoms with Gasteiger partial charge in [0.25, 0.3) is 5.91 Å². The van der Waals surface area contributed by atoms with Crippen molar-refractivity contribution in [3.05, 3.63) is 27.0 Å².